The number of hydrogen-bond donors (Lipinski definition) is 0. The van der Waals surface area contributed by atoms with E-state index in [1.54, 1.807) is 0 Å². The lowest BCUT2D eigenvalue weighted by atomic mass is 9.48. The van der Waals surface area contributed by atoms with Crippen molar-refractivity contribution in [1.82, 2.24) is 4.90 Å². The van der Waals surface area contributed by atoms with Crippen LogP contribution in [0.4, 0.5) is 5.69 Å². The number of aryl methyl sites for hydroxylation is 2. The minimum Gasteiger partial charge on any atom is -0.359 e. The van der Waals surface area contributed by atoms with Crippen molar-refractivity contribution < 1.29 is 0 Å². The fraction of sp³-hybridized carbons (Fsp3) is 0.379. The molecule has 31 heavy (non-hydrogen) atoms. The lowest BCUT2D eigenvalue weighted by Crippen LogP contribution is -2.49. The van der Waals surface area contributed by atoms with Crippen LogP contribution in [0.2, 0.25) is 0 Å². The van der Waals surface area contributed by atoms with E-state index in [9.17, 15) is 0 Å². The lowest BCUT2D eigenvalue weighted by molar-refractivity contribution is 0.310. The van der Waals surface area contributed by atoms with Crippen LogP contribution >= 0.6 is 0 Å². The molecule has 2 heteroatoms. The zero-order valence-electron chi connectivity index (χ0n) is 19.6. The summed E-state index contributed by atoms with van der Waals surface area (Å²) < 4.78 is 0. The number of hydrogen-bond acceptors (Lipinski definition) is 2. The van der Waals surface area contributed by atoms with E-state index in [0.29, 0.717) is 0 Å². The van der Waals surface area contributed by atoms with E-state index in [-0.39, 0.29) is 10.8 Å². The first-order valence-electron chi connectivity index (χ1n) is 11.6. The Labute approximate surface area is 186 Å². The summed E-state index contributed by atoms with van der Waals surface area (Å²) in [5.74, 6) is 0. The van der Waals surface area contributed by atoms with E-state index in [2.05, 4.69) is 100.0 Å². The second-order valence-corrected chi connectivity index (χ2v) is 10.3. The second kappa shape index (κ2) is 6.01. The summed E-state index contributed by atoms with van der Waals surface area (Å²) in [5, 5.41) is 0. The molecule has 1 heterocycles. The van der Waals surface area contributed by atoms with Crippen molar-refractivity contribution in [3.05, 3.63) is 98.6 Å². The fourth-order valence-electron chi connectivity index (χ4n) is 6.73. The molecule has 0 radical (unpaired) electrons. The Kier molecular flexibility index (Phi) is 3.71. The van der Waals surface area contributed by atoms with Crippen LogP contribution in [0.25, 0.3) is 0 Å². The van der Waals surface area contributed by atoms with Crippen LogP contribution < -0.4 is 4.90 Å². The van der Waals surface area contributed by atoms with Gasteiger partial charge in [0.15, 0.2) is 0 Å². The van der Waals surface area contributed by atoms with Gasteiger partial charge in [-0.25, -0.2) is 0 Å². The minimum absolute atomic E-state index is 0.112. The highest BCUT2D eigenvalue weighted by atomic mass is 15.3. The van der Waals surface area contributed by atoms with Gasteiger partial charge in [0.2, 0.25) is 0 Å². The molecular formula is C29H32N2. The van der Waals surface area contributed by atoms with E-state index in [1.165, 1.54) is 55.8 Å². The predicted molar refractivity (Wildman–Crippen MR) is 129 cm³/mol. The summed E-state index contributed by atoms with van der Waals surface area (Å²) in [6.07, 6.45) is 0. The molecule has 2 unspecified atom stereocenters. The molecule has 2 nitrogen and oxygen atoms in total. The molecule has 0 spiro atoms. The summed E-state index contributed by atoms with van der Waals surface area (Å²) in [5.41, 5.74) is 14.4. The molecule has 0 amide bonds. The number of rotatable bonds is 1. The van der Waals surface area contributed by atoms with Gasteiger partial charge in [0.1, 0.15) is 0 Å². The molecule has 3 aromatic carbocycles. The molecular weight excluding hydrogens is 376 g/mol. The van der Waals surface area contributed by atoms with E-state index in [1.807, 2.05) is 0 Å². The lowest BCUT2D eigenvalue weighted by Gasteiger charge is -2.55. The number of fused-ring (bicyclic) bond motifs is 1. The minimum atomic E-state index is -0.116. The summed E-state index contributed by atoms with van der Waals surface area (Å²) in [6.45, 7) is 14.8. The van der Waals surface area contributed by atoms with Gasteiger partial charge in [0.25, 0.3) is 0 Å². The monoisotopic (exact) mass is 408 g/mol. The predicted octanol–water partition coefficient (Wildman–Crippen LogP) is 5.87. The SMILES string of the molecule is CCN1CN(C)Cc2cc3c(cc21)C1(C)c2ccccc2C3(C)c2cc(C)c(C)cc21. The Morgan fingerprint density at radius 3 is 1.84 bits per heavy atom. The molecule has 0 fully saturated rings. The average Bonchev–Trinajstić information content (AvgIpc) is 2.76. The van der Waals surface area contributed by atoms with Crippen LogP contribution in [-0.2, 0) is 17.4 Å². The number of nitrogens with zero attached hydrogens (tertiary/aromatic N) is 2. The van der Waals surface area contributed by atoms with Crippen molar-refractivity contribution in [2.24, 2.45) is 0 Å². The van der Waals surface area contributed by atoms with Gasteiger partial charge in [-0.15, -0.1) is 0 Å². The van der Waals surface area contributed by atoms with Gasteiger partial charge in [0, 0.05) is 29.6 Å². The molecule has 0 saturated carbocycles. The van der Waals surface area contributed by atoms with E-state index < -0.39 is 0 Å². The smallest absolute Gasteiger partial charge is 0.0707 e. The summed E-state index contributed by atoms with van der Waals surface area (Å²) in [4.78, 5) is 4.96. The van der Waals surface area contributed by atoms with Crippen molar-refractivity contribution in [3.63, 3.8) is 0 Å². The third kappa shape index (κ3) is 2.17. The summed E-state index contributed by atoms with van der Waals surface area (Å²) >= 11 is 0. The number of benzene rings is 3. The van der Waals surface area contributed by atoms with E-state index in [0.717, 1.165) is 19.8 Å². The highest BCUT2D eigenvalue weighted by Crippen LogP contribution is 2.62. The molecule has 3 aliphatic carbocycles. The van der Waals surface area contributed by atoms with Crippen LogP contribution in [0.3, 0.4) is 0 Å². The van der Waals surface area contributed by atoms with Crippen molar-refractivity contribution >= 4 is 5.69 Å². The molecule has 2 atom stereocenters. The van der Waals surface area contributed by atoms with Crippen LogP contribution in [0, 0.1) is 13.8 Å². The Hall–Kier alpha value is -2.58. The second-order valence-electron chi connectivity index (χ2n) is 10.3. The molecule has 3 aromatic rings. The highest BCUT2D eigenvalue weighted by Gasteiger charge is 2.55. The van der Waals surface area contributed by atoms with Gasteiger partial charge >= 0.3 is 0 Å². The van der Waals surface area contributed by atoms with Crippen LogP contribution in [-0.4, -0.2) is 25.2 Å². The Morgan fingerprint density at radius 1 is 0.774 bits per heavy atom. The zero-order valence-corrected chi connectivity index (χ0v) is 19.6. The first-order chi connectivity index (χ1) is 14.8. The summed E-state index contributed by atoms with van der Waals surface area (Å²) in [6, 6.07) is 19.2. The highest BCUT2D eigenvalue weighted by molar-refractivity contribution is 5.78. The maximum Gasteiger partial charge on any atom is 0.0707 e. The maximum absolute atomic E-state index is 2.55. The van der Waals surface area contributed by atoms with E-state index >= 15 is 0 Å². The Morgan fingerprint density at radius 2 is 1.29 bits per heavy atom. The molecule has 0 N–H and O–H groups in total. The van der Waals surface area contributed by atoms with Gasteiger partial charge in [-0.2, -0.15) is 0 Å². The van der Waals surface area contributed by atoms with Crippen LogP contribution in [0.15, 0.2) is 48.5 Å². The van der Waals surface area contributed by atoms with Crippen molar-refractivity contribution in [2.75, 3.05) is 25.2 Å². The third-order valence-electron chi connectivity index (χ3n) is 8.59. The quantitative estimate of drug-likeness (QED) is 0.497. The molecule has 1 aliphatic heterocycles. The average molecular weight is 409 g/mol. The van der Waals surface area contributed by atoms with Gasteiger partial charge in [-0.05, 0) is 97.8 Å². The first kappa shape index (κ1) is 19.1. The van der Waals surface area contributed by atoms with Crippen LogP contribution in [0.5, 0.6) is 0 Å². The summed E-state index contributed by atoms with van der Waals surface area (Å²) in [7, 11) is 2.23. The third-order valence-corrected chi connectivity index (χ3v) is 8.59. The standard InChI is InChI=1S/C29H32N2/c1-7-31-17-30(6)16-20-14-25-26(15-27(20)31)29(5)22-11-9-8-10-21(22)28(25,4)23-12-18(2)19(3)13-24(23)29/h8-15H,7,16-17H2,1-6H3. The van der Waals surface area contributed by atoms with Gasteiger partial charge in [-0.1, -0.05) is 42.5 Å². The van der Waals surface area contributed by atoms with Gasteiger partial charge in [-0.3, -0.25) is 4.90 Å². The van der Waals surface area contributed by atoms with Crippen molar-refractivity contribution in [3.8, 4) is 0 Å². The molecule has 0 saturated heterocycles. The first-order valence-corrected chi connectivity index (χ1v) is 11.6. The van der Waals surface area contributed by atoms with Crippen molar-refractivity contribution in [2.45, 2.75) is 52.0 Å². The topological polar surface area (TPSA) is 6.48 Å². The number of anilines is 1. The Bertz CT molecular complexity index is 1260. The Balaban J connectivity index is 1.74. The molecule has 2 bridgehead atoms. The van der Waals surface area contributed by atoms with Gasteiger partial charge < -0.3 is 4.90 Å². The molecule has 7 rings (SSSR count). The zero-order chi connectivity index (χ0) is 21.7. The van der Waals surface area contributed by atoms with Crippen molar-refractivity contribution in [1.29, 1.82) is 0 Å². The molecule has 0 aromatic heterocycles. The van der Waals surface area contributed by atoms with E-state index in [4.69, 9.17) is 0 Å². The normalized spacial score (nSPS) is 25.7. The fourth-order valence-corrected chi connectivity index (χ4v) is 6.73. The van der Waals surface area contributed by atoms with Crippen LogP contribution in [0.1, 0.15) is 70.8 Å². The largest absolute Gasteiger partial charge is 0.359 e. The van der Waals surface area contributed by atoms with Gasteiger partial charge in [0.05, 0.1) is 6.67 Å². The molecule has 158 valence electrons. The molecule has 4 aliphatic rings. The maximum atomic E-state index is 2.55.